The molecule has 2 amide bonds. The maximum atomic E-state index is 12.2. The number of hydrogen-bond donors (Lipinski definition) is 2. The van der Waals surface area contributed by atoms with Gasteiger partial charge in [-0.2, -0.15) is 0 Å². The van der Waals surface area contributed by atoms with Gasteiger partial charge in [-0.15, -0.1) is 0 Å². The van der Waals surface area contributed by atoms with E-state index in [4.69, 9.17) is 4.74 Å². The van der Waals surface area contributed by atoms with Crippen LogP contribution in [-0.4, -0.2) is 63.2 Å². The predicted molar refractivity (Wildman–Crippen MR) is 90.8 cm³/mol. The summed E-state index contributed by atoms with van der Waals surface area (Å²) in [6, 6.07) is 6.77. The largest absolute Gasteiger partial charge is 0.383 e. The zero-order chi connectivity index (χ0) is 17.1. The van der Waals surface area contributed by atoms with Crippen LogP contribution in [0.5, 0.6) is 0 Å². The molecule has 0 heterocycles. The van der Waals surface area contributed by atoms with Gasteiger partial charge < -0.3 is 20.3 Å². The van der Waals surface area contributed by atoms with E-state index in [-0.39, 0.29) is 11.8 Å². The first-order valence-corrected chi connectivity index (χ1v) is 8.01. The van der Waals surface area contributed by atoms with Gasteiger partial charge in [0.2, 0.25) is 0 Å². The van der Waals surface area contributed by atoms with Gasteiger partial charge in [0.1, 0.15) is 0 Å². The van der Waals surface area contributed by atoms with Crippen LogP contribution < -0.4 is 10.6 Å². The molecule has 0 fully saturated rings. The van der Waals surface area contributed by atoms with E-state index in [2.05, 4.69) is 10.6 Å². The van der Waals surface area contributed by atoms with Gasteiger partial charge in [0.25, 0.3) is 11.8 Å². The van der Waals surface area contributed by atoms with E-state index < -0.39 is 0 Å². The summed E-state index contributed by atoms with van der Waals surface area (Å²) in [7, 11) is 1.65. The fourth-order valence-electron chi connectivity index (χ4n) is 2.12. The number of amides is 2. The highest BCUT2D eigenvalue weighted by Gasteiger charge is 2.13. The molecule has 23 heavy (non-hydrogen) atoms. The highest BCUT2D eigenvalue weighted by atomic mass is 16.5. The molecule has 0 unspecified atom stereocenters. The molecule has 0 saturated carbocycles. The Morgan fingerprint density at radius 2 is 1.61 bits per heavy atom. The third kappa shape index (κ3) is 6.38. The zero-order valence-electron chi connectivity index (χ0n) is 14.2. The number of hydrogen-bond acceptors (Lipinski definition) is 4. The normalized spacial score (nSPS) is 10.4. The average molecular weight is 321 g/mol. The highest BCUT2D eigenvalue weighted by molar-refractivity contribution is 5.97. The molecule has 0 spiro atoms. The zero-order valence-corrected chi connectivity index (χ0v) is 14.2. The topological polar surface area (TPSA) is 70.7 Å². The van der Waals surface area contributed by atoms with E-state index in [1.807, 2.05) is 13.8 Å². The Labute approximate surface area is 138 Å². The van der Waals surface area contributed by atoms with Crippen LogP contribution >= 0.6 is 0 Å². The average Bonchev–Trinajstić information content (AvgIpc) is 2.59. The summed E-state index contributed by atoms with van der Waals surface area (Å²) in [4.78, 5) is 25.9. The van der Waals surface area contributed by atoms with Gasteiger partial charge in [0, 0.05) is 51.0 Å². The van der Waals surface area contributed by atoms with Crippen LogP contribution in [0.1, 0.15) is 34.6 Å². The van der Waals surface area contributed by atoms with E-state index in [1.54, 1.807) is 36.3 Å². The van der Waals surface area contributed by atoms with Gasteiger partial charge in [0.05, 0.1) is 6.61 Å². The Morgan fingerprint density at radius 1 is 1.00 bits per heavy atom. The van der Waals surface area contributed by atoms with Crippen molar-refractivity contribution in [3.8, 4) is 0 Å². The second-order valence-electron chi connectivity index (χ2n) is 5.05. The molecule has 0 aliphatic carbocycles. The molecule has 1 rings (SSSR count). The number of benzene rings is 1. The second-order valence-corrected chi connectivity index (χ2v) is 5.05. The fourth-order valence-corrected chi connectivity index (χ4v) is 2.12. The number of methoxy groups -OCH3 is 1. The van der Waals surface area contributed by atoms with Crippen molar-refractivity contribution < 1.29 is 14.3 Å². The number of ether oxygens (including phenoxy) is 1. The van der Waals surface area contributed by atoms with Crippen molar-refractivity contribution in [2.45, 2.75) is 13.8 Å². The number of rotatable bonds is 10. The number of nitrogens with zero attached hydrogens (tertiary/aromatic N) is 1. The molecule has 0 saturated heterocycles. The molecule has 0 radical (unpaired) electrons. The Bertz CT molecular complexity index is 484. The monoisotopic (exact) mass is 321 g/mol. The first-order chi connectivity index (χ1) is 11.1. The van der Waals surface area contributed by atoms with Crippen LogP contribution in [0.15, 0.2) is 24.3 Å². The van der Waals surface area contributed by atoms with Crippen molar-refractivity contribution in [2.75, 3.05) is 46.4 Å². The molecule has 1 aromatic carbocycles. The first kappa shape index (κ1) is 19.1. The smallest absolute Gasteiger partial charge is 0.253 e. The van der Waals surface area contributed by atoms with E-state index in [1.165, 1.54) is 0 Å². The second kappa shape index (κ2) is 10.7. The van der Waals surface area contributed by atoms with E-state index >= 15 is 0 Å². The molecule has 6 heteroatoms. The van der Waals surface area contributed by atoms with E-state index in [0.717, 1.165) is 6.54 Å². The molecule has 0 aromatic heterocycles. The Balaban J connectivity index is 2.46. The highest BCUT2D eigenvalue weighted by Crippen LogP contribution is 2.08. The standard InChI is InChI=1S/C17H27N3O3/c1-4-20(5-2)17(22)15-8-6-14(7-9-15)16(21)19-11-10-18-12-13-23-3/h6-9,18H,4-5,10-13H2,1-3H3,(H,19,21). The minimum atomic E-state index is -0.139. The predicted octanol–water partition coefficient (Wildman–Crippen LogP) is 1.13. The number of carbonyl (C=O) groups excluding carboxylic acids is 2. The summed E-state index contributed by atoms with van der Waals surface area (Å²) in [5.74, 6) is -0.148. The van der Waals surface area contributed by atoms with E-state index in [9.17, 15) is 9.59 Å². The van der Waals surface area contributed by atoms with Crippen molar-refractivity contribution in [3.05, 3.63) is 35.4 Å². The van der Waals surface area contributed by atoms with Crippen molar-refractivity contribution in [1.82, 2.24) is 15.5 Å². The maximum Gasteiger partial charge on any atom is 0.253 e. The van der Waals surface area contributed by atoms with Crippen molar-refractivity contribution in [1.29, 1.82) is 0 Å². The Kier molecular flexibility index (Phi) is 8.94. The lowest BCUT2D eigenvalue weighted by Crippen LogP contribution is -2.33. The molecule has 0 atom stereocenters. The molecule has 0 bridgehead atoms. The lowest BCUT2D eigenvalue weighted by molar-refractivity contribution is 0.0772. The van der Waals surface area contributed by atoms with Crippen LogP contribution in [0.4, 0.5) is 0 Å². The van der Waals surface area contributed by atoms with Crippen molar-refractivity contribution in [3.63, 3.8) is 0 Å². The molecular weight excluding hydrogens is 294 g/mol. The molecule has 6 nitrogen and oxygen atoms in total. The quantitative estimate of drug-likeness (QED) is 0.634. The van der Waals surface area contributed by atoms with Crippen LogP contribution in [0.25, 0.3) is 0 Å². The van der Waals surface area contributed by atoms with Crippen LogP contribution in [0.2, 0.25) is 0 Å². The third-order valence-electron chi connectivity index (χ3n) is 3.51. The summed E-state index contributed by atoms with van der Waals surface area (Å²) in [5, 5.41) is 5.98. The third-order valence-corrected chi connectivity index (χ3v) is 3.51. The van der Waals surface area contributed by atoms with Crippen LogP contribution in [0, 0.1) is 0 Å². The number of nitrogens with one attached hydrogen (secondary N) is 2. The molecule has 0 aliphatic rings. The maximum absolute atomic E-state index is 12.2. The summed E-state index contributed by atoms with van der Waals surface area (Å²) < 4.78 is 4.92. The van der Waals surface area contributed by atoms with Gasteiger partial charge in [-0.3, -0.25) is 9.59 Å². The van der Waals surface area contributed by atoms with Gasteiger partial charge in [-0.25, -0.2) is 0 Å². The molecule has 0 aliphatic heterocycles. The molecule has 1 aromatic rings. The lowest BCUT2D eigenvalue weighted by atomic mass is 10.1. The minimum absolute atomic E-state index is 0.00991. The molecular formula is C17H27N3O3. The van der Waals surface area contributed by atoms with E-state index in [0.29, 0.717) is 43.9 Å². The number of carbonyl (C=O) groups is 2. The Morgan fingerprint density at radius 3 is 2.17 bits per heavy atom. The van der Waals surface area contributed by atoms with Crippen molar-refractivity contribution in [2.24, 2.45) is 0 Å². The van der Waals surface area contributed by atoms with Crippen LogP contribution in [-0.2, 0) is 4.74 Å². The summed E-state index contributed by atoms with van der Waals surface area (Å²) >= 11 is 0. The SMILES string of the molecule is CCN(CC)C(=O)c1ccc(C(=O)NCCNCCOC)cc1. The Hall–Kier alpha value is -1.92. The molecule has 2 N–H and O–H groups in total. The minimum Gasteiger partial charge on any atom is -0.383 e. The summed E-state index contributed by atoms with van der Waals surface area (Å²) in [5.41, 5.74) is 1.16. The first-order valence-electron chi connectivity index (χ1n) is 8.01. The summed E-state index contributed by atoms with van der Waals surface area (Å²) in [6.07, 6.45) is 0. The van der Waals surface area contributed by atoms with Gasteiger partial charge >= 0.3 is 0 Å². The summed E-state index contributed by atoms with van der Waals surface area (Å²) in [6.45, 7) is 7.88. The van der Waals surface area contributed by atoms with Crippen LogP contribution in [0.3, 0.4) is 0 Å². The fraction of sp³-hybridized carbons (Fsp3) is 0.529. The van der Waals surface area contributed by atoms with Gasteiger partial charge in [-0.05, 0) is 38.1 Å². The van der Waals surface area contributed by atoms with Gasteiger partial charge in [-0.1, -0.05) is 0 Å². The van der Waals surface area contributed by atoms with Gasteiger partial charge in [0.15, 0.2) is 0 Å². The lowest BCUT2D eigenvalue weighted by Gasteiger charge is -2.18. The van der Waals surface area contributed by atoms with Crippen molar-refractivity contribution >= 4 is 11.8 Å². The molecule has 128 valence electrons.